The van der Waals surface area contributed by atoms with Crippen LogP contribution in [-0.2, 0) is 0 Å². The molecule has 19 heavy (non-hydrogen) atoms. The molecule has 108 valence electrons. The summed E-state index contributed by atoms with van der Waals surface area (Å²) in [7, 11) is 1.56. The van der Waals surface area contributed by atoms with Gasteiger partial charge in [-0.15, -0.1) is 0 Å². The molecule has 0 atom stereocenters. The quantitative estimate of drug-likeness (QED) is 0.754. The predicted molar refractivity (Wildman–Crippen MR) is 77.8 cm³/mol. The maximum atomic E-state index is 5.12. The van der Waals surface area contributed by atoms with E-state index in [1.165, 1.54) is 0 Å². The molecular formula is C13H25N5O. The summed E-state index contributed by atoms with van der Waals surface area (Å²) in [5.41, 5.74) is 0.0237. The number of anilines is 2. The molecule has 0 aliphatic carbocycles. The second kappa shape index (κ2) is 7.11. The zero-order valence-corrected chi connectivity index (χ0v) is 12.6. The molecule has 0 fully saturated rings. The van der Waals surface area contributed by atoms with Crippen molar-refractivity contribution in [3.63, 3.8) is 0 Å². The van der Waals surface area contributed by atoms with E-state index in [1.54, 1.807) is 7.11 Å². The second-order valence-electron chi connectivity index (χ2n) is 4.47. The van der Waals surface area contributed by atoms with Gasteiger partial charge in [0.1, 0.15) is 0 Å². The highest BCUT2D eigenvalue weighted by Crippen LogP contribution is 2.24. The van der Waals surface area contributed by atoms with Crippen LogP contribution in [-0.4, -0.2) is 34.1 Å². The van der Waals surface area contributed by atoms with Crippen LogP contribution in [0.5, 0.6) is 6.01 Å². The monoisotopic (exact) mass is 267 g/mol. The van der Waals surface area contributed by atoms with Crippen LogP contribution in [0, 0.1) is 0 Å². The van der Waals surface area contributed by atoms with Gasteiger partial charge in [0.05, 0.1) is 7.11 Å². The number of ether oxygens (including phenoxy) is 1. The fourth-order valence-electron chi connectivity index (χ4n) is 1.99. The minimum Gasteiger partial charge on any atom is -0.467 e. The van der Waals surface area contributed by atoms with Gasteiger partial charge in [0.15, 0.2) is 0 Å². The van der Waals surface area contributed by atoms with Gasteiger partial charge in [-0.25, -0.2) is 0 Å². The Kier molecular flexibility index (Phi) is 5.79. The maximum Gasteiger partial charge on any atom is 0.322 e. The Morgan fingerprint density at radius 2 is 1.53 bits per heavy atom. The number of nitrogens with zero attached hydrogens (tertiary/aromatic N) is 3. The summed E-state index contributed by atoms with van der Waals surface area (Å²) in [6, 6.07) is 0.325. The molecule has 0 unspecified atom stereocenters. The summed E-state index contributed by atoms with van der Waals surface area (Å²) in [6.07, 6.45) is 3.06. The van der Waals surface area contributed by atoms with Crippen molar-refractivity contribution in [1.82, 2.24) is 15.0 Å². The lowest BCUT2D eigenvalue weighted by Crippen LogP contribution is -2.37. The van der Waals surface area contributed by atoms with E-state index in [0.717, 1.165) is 25.8 Å². The SMILES string of the molecule is CCNc1nc(NC(CC)(CC)CC)nc(OC)n1. The maximum absolute atomic E-state index is 5.12. The van der Waals surface area contributed by atoms with Crippen LogP contribution in [0.4, 0.5) is 11.9 Å². The van der Waals surface area contributed by atoms with E-state index in [0.29, 0.717) is 17.9 Å². The van der Waals surface area contributed by atoms with Crippen molar-refractivity contribution in [2.24, 2.45) is 0 Å². The Labute approximate surface area is 115 Å². The summed E-state index contributed by atoms with van der Waals surface area (Å²) < 4.78 is 5.12. The lowest BCUT2D eigenvalue weighted by atomic mass is 9.90. The molecular weight excluding hydrogens is 242 g/mol. The fourth-order valence-corrected chi connectivity index (χ4v) is 1.99. The van der Waals surface area contributed by atoms with Gasteiger partial charge in [0, 0.05) is 12.1 Å². The lowest BCUT2D eigenvalue weighted by molar-refractivity contribution is 0.376. The lowest BCUT2D eigenvalue weighted by Gasteiger charge is -2.31. The van der Waals surface area contributed by atoms with Crippen LogP contribution < -0.4 is 15.4 Å². The normalized spacial score (nSPS) is 11.2. The van der Waals surface area contributed by atoms with Gasteiger partial charge in [-0.3, -0.25) is 0 Å². The molecule has 0 bridgehead atoms. The van der Waals surface area contributed by atoms with Crippen molar-refractivity contribution in [3.8, 4) is 6.01 Å². The Hall–Kier alpha value is -1.59. The molecule has 0 aliphatic rings. The second-order valence-corrected chi connectivity index (χ2v) is 4.47. The molecule has 1 rings (SSSR count). The molecule has 6 heteroatoms. The van der Waals surface area contributed by atoms with Crippen molar-refractivity contribution in [2.45, 2.75) is 52.5 Å². The number of hydrogen-bond donors (Lipinski definition) is 2. The third kappa shape index (κ3) is 3.94. The molecule has 6 nitrogen and oxygen atoms in total. The summed E-state index contributed by atoms with van der Waals surface area (Å²) in [6.45, 7) is 9.27. The molecule has 1 heterocycles. The van der Waals surface area contributed by atoms with E-state index in [1.807, 2.05) is 6.92 Å². The number of aromatic nitrogens is 3. The topological polar surface area (TPSA) is 72.0 Å². The first-order chi connectivity index (χ1) is 9.12. The number of hydrogen-bond acceptors (Lipinski definition) is 6. The van der Waals surface area contributed by atoms with Crippen LogP contribution in [0.3, 0.4) is 0 Å². The Balaban J connectivity index is 3.01. The molecule has 0 radical (unpaired) electrons. The van der Waals surface area contributed by atoms with E-state index in [-0.39, 0.29) is 5.54 Å². The Bertz CT molecular complexity index is 384. The van der Waals surface area contributed by atoms with Crippen LogP contribution in [0.25, 0.3) is 0 Å². The van der Waals surface area contributed by atoms with Crippen molar-refractivity contribution in [1.29, 1.82) is 0 Å². The largest absolute Gasteiger partial charge is 0.467 e. The first-order valence-electron chi connectivity index (χ1n) is 6.95. The standard InChI is InChI=1S/C13H25N5O/c1-6-13(7-2,8-3)18-11-15-10(14-9-4)16-12(17-11)19-5/h6-9H2,1-5H3,(H2,14,15,16,17,18). The van der Waals surface area contributed by atoms with E-state index < -0.39 is 0 Å². The highest BCUT2D eigenvalue weighted by molar-refractivity contribution is 5.38. The Morgan fingerprint density at radius 3 is 2.00 bits per heavy atom. The minimum atomic E-state index is 0.0237. The molecule has 0 saturated heterocycles. The zero-order valence-electron chi connectivity index (χ0n) is 12.6. The Morgan fingerprint density at radius 1 is 0.947 bits per heavy atom. The van der Waals surface area contributed by atoms with Crippen molar-refractivity contribution in [3.05, 3.63) is 0 Å². The van der Waals surface area contributed by atoms with Gasteiger partial charge in [0.25, 0.3) is 0 Å². The highest BCUT2D eigenvalue weighted by atomic mass is 16.5. The highest BCUT2D eigenvalue weighted by Gasteiger charge is 2.25. The molecule has 0 spiro atoms. The van der Waals surface area contributed by atoms with Gasteiger partial charge in [0.2, 0.25) is 11.9 Å². The van der Waals surface area contributed by atoms with Gasteiger partial charge >= 0.3 is 6.01 Å². The fraction of sp³-hybridized carbons (Fsp3) is 0.769. The van der Waals surface area contributed by atoms with Crippen LogP contribution in [0.1, 0.15) is 47.0 Å². The molecule has 0 aliphatic heterocycles. The van der Waals surface area contributed by atoms with E-state index in [2.05, 4.69) is 46.4 Å². The average Bonchev–Trinajstić information content (AvgIpc) is 2.45. The summed E-state index contributed by atoms with van der Waals surface area (Å²) in [5.74, 6) is 1.10. The third-order valence-corrected chi connectivity index (χ3v) is 3.54. The van der Waals surface area contributed by atoms with Crippen LogP contribution >= 0.6 is 0 Å². The van der Waals surface area contributed by atoms with Gasteiger partial charge in [-0.2, -0.15) is 15.0 Å². The van der Waals surface area contributed by atoms with Gasteiger partial charge in [-0.1, -0.05) is 20.8 Å². The zero-order chi connectivity index (χ0) is 14.3. The average molecular weight is 267 g/mol. The van der Waals surface area contributed by atoms with E-state index in [4.69, 9.17) is 4.74 Å². The van der Waals surface area contributed by atoms with Crippen molar-refractivity contribution < 1.29 is 4.74 Å². The molecule has 1 aromatic rings. The number of nitrogens with one attached hydrogen (secondary N) is 2. The van der Waals surface area contributed by atoms with Crippen molar-refractivity contribution >= 4 is 11.9 Å². The molecule has 0 amide bonds. The molecule has 2 N–H and O–H groups in total. The van der Waals surface area contributed by atoms with Gasteiger partial charge < -0.3 is 15.4 Å². The molecule has 0 aromatic carbocycles. The number of rotatable bonds is 8. The van der Waals surface area contributed by atoms with Crippen LogP contribution in [0.15, 0.2) is 0 Å². The first-order valence-corrected chi connectivity index (χ1v) is 6.95. The van der Waals surface area contributed by atoms with E-state index >= 15 is 0 Å². The summed E-state index contributed by atoms with van der Waals surface area (Å²) in [4.78, 5) is 12.8. The van der Waals surface area contributed by atoms with E-state index in [9.17, 15) is 0 Å². The molecule has 1 aromatic heterocycles. The van der Waals surface area contributed by atoms with Crippen LogP contribution in [0.2, 0.25) is 0 Å². The molecule has 0 saturated carbocycles. The predicted octanol–water partition coefficient (Wildman–Crippen LogP) is 2.69. The summed E-state index contributed by atoms with van der Waals surface area (Å²) in [5, 5.41) is 6.51. The smallest absolute Gasteiger partial charge is 0.322 e. The first kappa shape index (κ1) is 15.5. The minimum absolute atomic E-state index is 0.0237. The number of methoxy groups -OCH3 is 1. The summed E-state index contributed by atoms with van der Waals surface area (Å²) >= 11 is 0. The van der Waals surface area contributed by atoms with Crippen molar-refractivity contribution in [2.75, 3.05) is 24.3 Å². The van der Waals surface area contributed by atoms with Gasteiger partial charge in [-0.05, 0) is 26.2 Å². The third-order valence-electron chi connectivity index (χ3n) is 3.54.